The minimum atomic E-state index is -3.06. The van der Waals surface area contributed by atoms with Crippen molar-refractivity contribution in [3.8, 4) is 0 Å². The van der Waals surface area contributed by atoms with Crippen molar-refractivity contribution in [2.75, 3.05) is 18.6 Å². The molecule has 0 saturated heterocycles. The van der Waals surface area contributed by atoms with E-state index in [0.29, 0.717) is 6.54 Å². The quantitative estimate of drug-likeness (QED) is 0.841. The average Bonchev–Trinajstić information content (AvgIpc) is 2.25. The van der Waals surface area contributed by atoms with Crippen LogP contribution in [0.1, 0.15) is 17.5 Å². The van der Waals surface area contributed by atoms with Crippen LogP contribution in [0, 0.1) is 6.92 Å². The summed E-state index contributed by atoms with van der Waals surface area (Å²) in [5.74, 6) is -0.309. The van der Waals surface area contributed by atoms with Crippen LogP contribution in [0.15, 0.2) is 24.3 Å². The van der Waals surface area contributed by atoms with Gasteiger partial charge in [0, 0.05) is 19.2 Å². The smallest absolute Gasteiger partial charge is 0.221 e. The van der Waals surface area contributed by atoms with Gasteiger partial charge in [-0.25, -0.2) is 8.42 Å². The number of carbonyl (C=O) groups excluding carboxylic acids is 1. The zero-order chi connectivity index (χ0) is 13.6. The van der Waals surface area contributed by atoms with Gasteiger partial charge in [0.2, 0.25) is 5.91 Å². The number of hydrogen-bond acceptors (Lipinski definition) is 3. The summed E-state index contributed by atoms with van der Waals surface area (Å²) in [6.45, 7) is 2.56. The average molecular weight is 269 g/mol. The lowest BCUT2D eigenvalue weighted by molar-refractivity contribution is -0.120. The lowest BCUT2D eigenvalue weighted by atomic mass is 10.1. The monoisotopic (exact) mass is 269 g/mol. The van der Waals surface area contributed by atoms with Gasteiger partial charge in [-0.2, -0.15) is 0 Å². The molecule has 1 aromatic carbocycles. The predicted octanol–water partition coefficient (Wildman–Crippen LogP) is 1.09. The third kappa shape index (κ3) is 6.39. The Morgan fingerprint density at radius 2 is 2.06 bits per heavy atom. The van der Waals surface area contributed by atoms with Gasteiger partial charge in [0.15, 0.2) is 0 Å². The summed E-state index contributed by atoms with van der Waals surface area (Å²) in [4.78, 5) is 11.4. The van der Waals surface area contributed by atoms with Gasteiger partial charge in [-0.3, -0.25) is 4.79 Å². The van der Waals surface area contributed by atoms with Crippen LogP contribution in [-0.2, 0) is 21.1 Å². The minimum absolute atomic E-state index is 0.0344. The van der Waals surface area contributed by atoms with E-state index in [1.165, 1.54) is 11.1 Å². The van der Waals surface area contributed by atoms with Gasteiger partial charge in [-0.05, 0) is 18.9 Å². The summed E-state index contributed by atoms with van der Waals surface area (Å²) in [6.07, 6.45) is 1.92. The molecule has 0 saturated carbocycles. The van der Waals surface area contributed by atoms with Crippen molar-refractivity contribution in [1.29, 1.82) is 0 Å². The summed E-state index contributed by atoms with van der Waals surface area (Å²) in [5.41, 5.74) is 2.36. The molecule has 1 amide bonds. The number of amides is 1. The molecule has 0 fully saturated rings. The lowest BCUT2D eigenvalue weighted by Crippen LogP contribution is -2.27. The molecule has 1 N–H and O–H groups in total. The molecule has 0 spiro atoms. The van der Waals surface area contributed by atoms with Crippen LogP contribution in [0.4, 0.5) is 0 Å². The Balaban J connectivity index is 2.28. The van der Waals surface area contributed by atoms with E-state index in [4.69, 9.17) is 0 Å². The molecule has 0 heterocycles. The molecule has 5 heteroatoms. The van der Waals surface area contributed by atoms with Gasteiger partial charge in [0.05, 0.1) is 5.75 Å². The number of benzene rings is 1. The summed E-state index contributed by atoms with van der Waals surface area (Å²) >= 11 is 0. The van der Waals surface area contributed by atoms with Crippen molar-refractivity contribution in [3.63, 3.8) is 0 Å². The molecule has 1 rings (SSSR count). The van der Waals surface area contributed by atoms with Crippen molar-refractivity contribution in [2.45, 2.75) is 19.8 Å². The molecule has 0 bridgehead atoms. The Kier molecular flexibility index (Phi) is 5.34. The zero-order valence-electron chi connectivity index (χ0n) is 10.8. The van der Waals surface area contributed by atoms with E-state index >= 15 is 0 Å². The highest BCUT2D eigenvalue weighted by Crippen LogP contribution is 2.03. The molecule has 4 nitrogen and oxygen atoms in total. The van der Waals surface area contributed by atoms with Crippen LogP contribution in [-0.4, -0.2) is 32.9 Å². The first-order valence-electron chi connectivity index (χ1n) is 5.87. The first-order valence-corrected chi connectivity index (χ1v) is 7.93. The molecule has 0 atom stereocenters. The fourth-order valence-electron chi connectivity index (χ4n) is 1.58. The number of sulfone groups is 1. The molecule has 100 valence electrons. The van der Waals surface area contributed by atoms with E-state index in [0.717, 1.165) is 12.7 Å². The maximum absolute atomic E-state index is 11.4. The van der Waals surface area contributed by atoms with E-state index in [2.05, 4.69) is 11.4 Å². The van der Waals surface area contributed by atoms with Crippen LogP contribution < -0.4 is 5.32 Å². The van der Waals surface area contributed by atoms with E-state index in [-0.39, 0.29) is 18.1 Å². The van der Waals surface area contributed by atoms with Crippen molar-refractivity contribution < 1.29 is 13.2 Å². The van der Waals surface area contributed by atoms with E-state index in [1.807, 2.05) is 25.1 Å². The normalized spacial score (nSPS) is 11.2. The van der Waals surface area contributed by atoms with Gasteiger partial charge in [-0.15, -0.1) is 0 Å². The molecule has 0 aliphatic heterocycles. The molecule has 0 aliphatic rings. The number of hydrogen-bond donors (Lipinski definition) is 1. The van der Waals surface area contributed by atoms with Gasteiger partial charge < -0.3 is 5.32 Å². The Morgan fingerprint density at radius 3 is 2.67 bits per heavy atom. The van der Waals surface area contributed by atoms with Gasteiger partial charge in [0.25, 0.3) is 0 Å². The summed E-state index contributed by atoms with van der Waals surface area (Å²) < 4.78 is 21.8. The molecule has 18 heavy (non-hydrogen) atoms. The second kappa shape index (κ2) is 6.54. The SMILES string of the molecule is Cc1cccc(CCNC(=O)CCS(C)(=O)=O)c1. The second-order valence-electron chi connectivity index (χ2n) is 4.47. The highest BCUT2D eigenvalue weighted by Gasteiger charge is 2.07. The van der Waals surface area contributed by atoms with Crippen LogP contribution in [0.5, 0.6) is 0 Å². The molecule has 1 aromatic rings. The first kappa shape index (κ1) is 14.7. The number of carbonyl (C=O) groups is 1. The molecule has 0 aromatic heterocycles. The molecule has 0 unspecified atom stereocenters. The number of nitrogens with one attached hydrogen (secondary N) is 1. The summed E-state index contributed by atoms with van der Waals surface area (Å²) in [6, 6.07) is 8.09. The topological polar surface area (TPSA) is 63.2 Å². The third-order valence-electron chi connectivity index (χ3n) is 2.52. The molecule has 0 radical (unpaired) electrons. The maximum atomic E-state index is 11.4. The van der Waals surface area contributed by atoms with Gasteiger partial charge >= 0.3 is 0 Å². The summed E-state index contributed by atoms with van der Waals surface area (Å²) in [7, 11) is -3.06. The van der Waals surface area contributed by atoms with Crippen LogP contribution in [0.2, 0.25) is 0 Å². The molecular formula is C13H19NO3S. The van der Waals surface area contributed by atoms with Crippen molar-refractivity contribution in [2.24, 2.45) is 0 Å². The zero-order valence-corrected chi connectivity index (χ0v) is 11.6. The van der Waals surface area contributed by atoms with E-state index < -0.39 is 9.84 Å². The summed E-state index contributed by atoms with van der Waals surface area (Å²) in [5, 5.41) is 2.72. The van der Waals surface area contributed by atoms with E-state index in [1.54, 1.807) is 0 Å². The maximum Gasteiger partial charge on any atom is 0.221 e. The van der Waals surface area contributed by atoms with Crippen LogP contribution >= 0.6 is 0 Å². The fourth-order valence-corrected chi connectivity index (χ4v) is 2.14. The Morgan fingerprint density at radius 1 is 1.33 bits per heavy atom. The Labute approximate surface area is 108 Å². The second-order valence-corrected chi connectivity index (χ2v) is 6.73. The van der Waals surface area contributed by atoms with Crippen molar-refractivity contribution >= 4 is 15.7 Å². The molecule has 0 aliphatic carbocycles. The van der Waals surface area contributed by atoms with Gasteiger partial charge in [0.1, 0.15) is 9.84 Å². The number of aryl methyl sites for hydroxylation is 1. The highest BCUT2D eigenvalue weighted by molar-refractivity contribution is 7.90. The number of rotatable bonds is 6. The van der Waals surface area contributed by atoms with Crippen LogP contribution in [0.25, 0.3) is 0 Å². The minimum Gasteiger partial charge on any atom is -0.356 e. The predicted molar refractivity (Wildman–Crippen MR) is 72.2 cm³/mol. The van der Waals surface area contributed by atoms with Crippen molar-refractivity contribution in [3.05, 3.63) is 35.4 Å². The van der Waals surface area contributed by atoms with E-state index in [9.17, 15) is 13.2 Å². The largest absolute Gasteiger partial charge is 0.356 e. The third-order valence-corrected chi connectivity index (χ3v) is 3.46. The lowest BCUT2D eigenvalue weighted by Gasteiger charge is -2.05. The standard InChI is InChI=1S/C13H19NO3S/c1-11-4-3-5-12(10-11)6-8-14-13(15)7-9-18(2,16)17/h3-5,10H,6-9H2,1-2H3,(H,14,15). The fraction of sp³-hybridized carbons (Fsp3) is 0.462. The highest BCUT2D eigenvalue weighted by atomic mass is 32.2. The van der Waals surface area contributed by atoms with Crippen LogP contribution in [0.3, 0.4) is 0 Å². The van der Waals surface area contributed by atoms with Gasteiger partial charge in [-0.1, -0.05) is 29.8 Å². The Hall–Kier alpha value is -1.36. The Bertz CT molecular complexity index is 509. The first-order chi connectivity index (χ1) is 8.37. The molecular weight excluding hydrogens is 250 g/mol. The van der Waals surface area contributed by atoms with Crippen molar-refractivity contribution in [1.82, 2.24) is 5.32 Å².